The smallest absolute Gasteiger partial charge is 0.129 e. The predicted octanol–water partition coefficient (Wildman–Crippen LogP) is 2.91. The predicted molar refractivity (Wildman–Crippen MR) is 83.2 cm³/mol. The summed E-state index contributed by atoms with van der Waals surface area (Å²) in [7, 11) is 0. The van der Waals surface area contributed by atoms with E-state index < -0.39 is 6.10 Å². The molecule has 0 aliphatic heterocycles. The number of furan rings is 2. The van der Waals surface area contributed by atoms with Gasteiger partial charge in [-0.3, -0.25) is 4.90 Å². The highest BCUT2D eigenvalue weighted by molar-refractivity contribution is 4.98. The minimum atomic E-state index is -0.538. The van der Waals surface area contributed by atoms with Gasteiger partial charge in [-0.15, -0.1) is 0 Å². The van der Waals surface area contributed by atoms with Gasteiger partial charge in [0.15, 0.2) is 0 Å². The molecule has 0 aliphatic carbocycles. The van der Waals surface area contributed by atoms with Crippen LogP contribution in [-0.4, -0.2) is 35.8 Å². The van der Waals surface area contributed by atoms with E-state index in [2.05, 4.69) is 18.7 Å². The van der Waals surface area contributed by atoms with Crippen molar-refractivity contribution < 1.29 is 18.7 Å². The molecule has 122 valence electrons. The van der Waals surface area contributed by atoms with Crippen LogP contribution in [0.4, 0.5) is 0 Å². The Morgan fingerprint density at radius 1 is 1.09 bits per heavy atom. The lowest BCUT2D eigenvalue weighted by molar-refractivity contribution is 0.00133. The Hall–Kier alpha value is -1.56. The third-order valence-corrected chi connectivity index (χ3v) is 3.19. The average molecular weight is 307 g/mol. The van der Waals surface area contributed by atoms with Gasteiger partial charge < -0.3 is 18.7 Å². The molecule has 0 radical (unpaired) electrons. The Kier molecular flexibility index (Phi) is 6.71. The zero-order chi connectivity index (χ0) is 15.8. The zero-order valence-electron chi connectivity index (χ0n) is 13.3. The molecule has 0 bridgehead atoms. The van der Waals surface area contributed by atoms with Crippen LogP contribution in [0.25, 0.3) is 0 Å². The van der Waals surface area contributed by atoms with Gasteiger partial charge in [-0.25, -0.2) is 0 Å². The third kappa shape index (κ3) is 6.05. The fraction of sp³-hybridized carbons (Fsp3) is 0.529. The van der Waals surface area contributed by atoms with Gasteiger partial charge in [-0.2, -0.15) is 0 Å². The third-order valence-electron chi connectivity index (χ3n) is 3.19. The van der Waals surface area contributed by atoms with E-state index in [9.17, 15) is 5.11 Å². The highest BCUT2D eigenvalue weighted by Crippen LogP contribution is 2.09. The van der Waals surface area contributed by atoms with E-state index in [-0.39, 0.29) is 6.61 Å². The maximum absolute atomic E-state index is 10.2. The summed E-state index contributed by atoms with van der Waals surface area (Å²) in [6.45, 7) is 7.14. The van der Waals surface area contributed by atoms with Gasteiger partial charge in [0.2, 0.25) is 0 Å². The molecule has 0 amide bonds. The van der Waals surface area contributed by atoms with Crippen LogP contribution in [0.5, 0.6) is 0 Å². The molecular formula is C17H25NO4. The molecule has 2 heterocycles. The topological polar surface area (TPSA) is 59.0 Å². The molecule has 0 saturated carbocycles. The van der Waals surface area contributed by atoms with E-state index in [4.69, 9.17) is 13.6 Å². The van der Waals surface area contributed by atoms with Crippen LogP contribution >= 0.6 is 0 Å². The Balaban J connectivity index is 1.75. The van der Waals surface area contributed by atoms with Crippen LogP contribution in [0, 0.1) is 5.92 Å². The molecule has 0 aromatic carbocycles. The number of rotatable bonds is 10. The monoisotopic (exact) mass is 307 g/mol. The molecule has 0 spiro atoms. The summed E-state index contributed by atoms with van der Waals surface area (Å²) in [6.07, 6.45) is 2.75. The summed E-state index contributed by atoms with van der Waals surface area (Å²) < 4.78 is 16.1. The van der Waals surface area contributed by atoms with Crippen LogP contribution in [0.1, 0.15) is 25.4 Å². The second kappa shape index (κ2) is 8.78. The maximum atomic E-state index is 10.2. The average Bonchev–Trinajstić information content (AvgIpc) is 3.11. The van der Waals surface area contributed by atoms with E-state index in [1.54, 1.807) is 12.5 Å². The molecule has 22 heavy (non-hydrogen) atoms. The summed E-state index contributed by atoms with van der Waals surface area (Å²) in [4.78, 5) is 2.18. The molecule has 0 saturated heterocycles. The summed E-state index contributed by atoms with van der Waals surface area (Å²) >= 11 is 0. The van der Waals surface area contributed by atoms with Gasteiger partial charge in [0.05, 0.1) is 31.8 Å². The van der Waals surface area contributed by atoms with Gasteiger partial charge in [-0.05, 0) is 30.2 Å². The minimum Gasteiger partial charge on any atom is -0.468 e. The largest absolute Gasteiger partial charge is 0.468 e. The lowest BCUT2D eigenvalue weighted by Gasteiger charge is -2.25. The SMILES string of the molecule is CC(C)CN(Cc1ccco1)C[C@@H](O)COCc1ccco1. The molecule has 1 N–H and O–H groups in total. The second-order valence-electron chi connectivity index (χ2n) is 5.92. The van der Waals surface area contributed by atoms with Gasteiger partial charge in [-0.1, -0.05) is 13.8 Å². The van der Waals surface area contributed by atoms with Crippen molar-refractivity contribution >= 4 is 0 Å². The molecular weight excluding hydrogens is 282 g/mol. The first kappa shape index (κ1) is 16.8. The first-order valence-corrected chi connectivity index (χ1v) is 7.66. The van der Waals surface area contributed by atoms with E-state index >= 15 is 0 Å². The number of hydrogen-bond donors (Lipinski definition) is 1. The van der Waals surface area contributed by atoms with Gasteiger partial charge in [0, 0.05) is 13.1 Å². The van der Waals surface area contributed by atoms with Crippen LogP contribution in [0.15, 0.2) is 45.6 Å². The Labute approximate surface area is 131 Å². The lowest BCUT2D eigenvalue weighted by atomic mass is 10.2. The zero-order valence-corrected chi connectivity index (χ0v) is 13.3. The van der Waals surface area contributed by atoms with E-state index in [0.29, 0.717) is 25.6 Å². The normalized spacial score (nSPS) is 13.1. The molecule has 0 aliphatic rings. The fourth-order valence-corrected chi connectivity index (χ4v) is 2.38. The van der Waals surface area contributed by atoms with Crippen LogP contribution < -0.4 is 0 Å². The molecule has 5 heteroatoms. The van der Waals surface area contributed by atoms with Crippen molar-refractivity contribution in [3.63, 3.8) is 0 Å². The van der Waals surface area contributed by atoms with Crippen molar-refractivity contribution in [2.75, 3.05) is 19.7 Å². The standard InChI is InChI=1S/C17H25NO4/c1-14(2)9-18(11-16-5-3-7-21-16)10-15(19)12-20-13-17-6-4-8-22-17/h3-8,14-15,19H,9-13H2,1-2H3/t15-/m1/s1. The van der Waals surface area contributed by atoms with Gasteiger partial charge >= 0.3 is 0 Å². The second-order valence-corrected chi connectivity index (χ2v) is 5.92. The minimum absolute atomic E-state index is 0.285. The fourth-order valence-electron chi connectivity index (χ4n) is 2.38. The number of aliphatic hydroxyl groups is 1. The van der Waals surface area contributed by atoms with E-state index in [0.717, 1.165) is 18.1 Å². The number of ether oxygens (including phenoxy) is 1. The van der Waals surface area contributed by atoms with Crippen molar-refractivity contribution in [3.05, 3.63) is 48.3 Å². The van der Waals surface area contributed by atoms with Crippen molar-refractivity contribution in [1.29, 1.82) is 0 Å². The van der Waals surface area contributed by atoms with E-state index in [1.807, 2.05) is 24.3 Å². The summed E-state index contributed by atoms with van der Waals surface area (Å²) in [5.41, 5.74) is 0. The molecule has 2 aromatic heterocycles. The first-order chi connectivity index (χ1) is 10.6. The molecule has 2 rings (SSSR count). The maximum Gasteiger partial charge on any atom is 0.129 e. The van der Waals surface area contributed by atoms with E-state index in [1.165, 1.54) is 0 Å². The van der Waals surface area contributed by atoms with Gasteiger partial charge in [0.25, 0.3) is 0 Å². The Morgan fingerprint density at radius 3 is 2.36 bits per heavy atom. The quantitative estimate of drug-likeness (QED) is 0.731. The number of nitrogens with zero attached hydrogens (tertiary/aromatic N) is 1. The first-order valence-electron chi connectivity index (χ1n) is 7.66. The number of aliphatic hydroxyl groups excluding tert-OH is 1. The lowest BCUT2D eigenvalue weighted by Crippen LogP contribution is -2.36. The Bertz CT molecular complexity index is 493. The summed E-state index contributed by atoms with van der Waals surface area (Å²) in [5.74, 6) is 2.19. The van der Waals surface area contributed by atoms with Crippen molar-refractivity contribution in [1.82, 2.24) is 4.90 Å². The molecule has 2 aromatic rings. The summed E-state index contributed by atoms with van der Waals surface area (Å²) in [6, 6.07) is 7.51. The van der Waals surface area contributed by atoms with Crippen molar-refractivity contribution in [2.24, 2.45) is 5.92 Å². The highest BCUT2D eigenvalue weighted by Gasteiger charge is 2.15. The van der Waals surface area contributed by atoms with Crippen LogP contribution in [0.2, 0.25) is 0 Å². The number of hydrogen-bond acceptors (Lipinski definition) is 5. The Morgan fingerprint density at radius 2 is 1.77 bits per heavy atom. The summed E-state index contributed by atoms with van der Waals surface area (Å²) in [5, 5.41) is 10.2. The van der Waals surface area contributed by atoms with Crippen molar-refractivity contribution in [2.45, 2.75) is 33.1 Å². The molecule has 0 fully saturated rings. The van der Waals surface area contributed by atoms with Gasteiger partial charge in [0.1, 0.15) is 18.1 Å². The molecule has 0 unspecified atom stereocenters. The highest BCUT2D eigenvalue weighted by atomic mass is 16.5. The molecule has 5 nitrogen and oxygen atoms in total. The van der Waals surface area contributed by atoms with Crippen molar-refractivity contribution in [3.8, 4) is 0 Å². The van der Waals surface area contributed by atoms with Crippen LogP contribution in [-0.2, 0) is 17.9 Å². The molecule has 1 atom stereocenters. The van der Waals surface area contributed by atoms with Crippen LogP contribution in [0.3, 0.4) is 0 Å².